The monoisotopic (exact) mass is 308 g/mol. The van der Waals surface area contributed by atoms with Crippen molar-refractivity contribution >= 4 is 16.8 Å². The topological polar surface area (TPSA) is 87.7 Å². The van der Waals surface area contributed by atoms with Crippen LogP contribution in [0.15, 0.2) is 53.7 Å². The quantitative estimate of drug-likeness (QED) is 0.749. The van der Waals surface area contributed by atoms with E-state index in [1.165, 1.54) is 0 Å². The van der Waals surface area contributed by atoms with E-state index in [2.05, 4.69) is 20.3 Å². The SMILES string of the molecule is O=C(CCc1cc2ccccc2[nH]c1=O)NCc1cnccn1. The summed E-state index contributed by atoms with van der Waals surface area (Å²) in [5.41, 5.74) is 1.96. The highest BCUT2D eigenvalue weighted by Crippen LogP contribution is 2.11. The molecule has 0 aliphatic rings. The van der Waals surface area contributed by atoms with Crippen molar-refractivity contribution in [2.45, 2.75) is 19.4 Å². The molecule has 23 heavy (non-hydrogen) atoms. The van der Waals surface area contributed by atoms with Crippen LogP contribution < -0.4 is 10.9 Å². The highest BCUT2D eigenvalue weighted by atomic mass is 16.1. The number of pyridine rings is 1. The molecule has 0 saturated carbocycles. The number of carbonyl (C=O) groups excluding carboxylic acids is 1. The van der Waals surface area contributed by atoms with E-state index in [0.29, 0.717) is 24.2 Å². The maximum Gasteiger partial charge on any atom is 0.251 e. The maximum absolute atomic E-state index is 12.0. The minimum atomic E-state index is -0.148. The van der Waals surface area contributed by atoms with Gasteiger partial charge in [0.2, 0.25) is 5.91 Å². The lowest BCUT2D eigenvalue weighted by Crippen LogP contribution is -2.24. The first-order valence-electron chi connectivity index (χ1n) is 7.35. The summed E-state index contributed by atoms with van der Waals surface area (Å²) < 4.78 is 0. The van der Waals surface area contributed by atoms with Gasteiger partial charge >= 0.3 is 0 Å². The Bertz CT molecular complexity index is 874. The fraction of sp³-hybridized carbons (Fsp3) is 0.176. The fourth-order valence-corrected chi connectivity index (χ4v) is 2.33. The van der Waals surface area contributed by atoms with Gasteiger partial charge in [0.15, 0.2) is 0 Å². The summed E-state index contributed by atoms with van der Waals surface area (Å²) in [4.78, 5) is 34.8. The molecule has 3 rings (SSSR count). The van der Waals surface area contributed by atoms with Crippen molar-refractivity contribution in [3.8, 4) is 0 Å². The summed E-state index contributed by atoms with van der Waals surface area (Å²) in [6.07, 6.45) is 5.41. The Morgan fingerprint density at radius 3 is 2.91 bits per heavy atom. The second kappa shape index (κ2) is 6.83. The van der Waals surface area contributed by atoms with Crippen LogP contribution in [-0.4, -0.2) is 20.9 Å². The molecule has 0 fully saturated rings. The number of aryl methyl sites for hydroxylation is 1. The molecular formula is C17H16N4O2. The first-order valence-corrected chi connectivity index (χ1v) is 7.35. The molecular weight excluding hydrogens is 292 g/mol. The molecule has 2 N–H and O–H groups in total. The van der Waals surface area contributed by atoms with E-state index in [9.17, 15) is 9.59 Å². The molecule has 0 bridgehead atoms. The number of rotatable bonds is 5. The number of amides is 1. The van der Waals surface area contributed by atoms with Crippen LogP contribution in [0.5, 0.6) is 0 Å². The normalized spacial score (nSPS) is 10.6. The zero-order valence-electron chi connectivity index (χ0n) is 12.5. The van der Waals surface area contributed by atoms with Gasteiger partial charge < -0.3 is 10.3 Å². The van der Waals surface area contributed by atoms with Gasteiger partial charge in [-0.2, -0.15) is 0 Å². The van der Waals surface area contributed by atoms with Gasteiger partial charge in [-0.1, -0.05) is 18.2 Å². The second-order valence-corrected chi connectivity index (χ2v) is 5.18. The zero-order chi connectivity index (χ0) is 16.1. The van der Waals surface area contributed by atoms with Gasteiger partial charge in [-0.15, -0.1) is 0 Å². The number of aromatic nitrogens is 3. The number of nitrogens with zero attached hydrogens (tertiary/aromatic N) is 2. The molecule has 3 aromatic rings. The van der Waals surface area contributed by atoms with Crippen LogP contribution >= 0.6 is 0 Å². The Hall–Kier alpha value is -3.02. The van der Waals surface area contributed by atoms with Crippen molar-refractivity contribution in [1.29, 1.82) is 0 Å². The van der Waals surface area contributed by atoms with Crippen LogP contribution in [0.25, 0.3) is 10.9 Å². The van der Waals surface area contributed by atoms with E-state index >= 15 is 0 Å². The summed E-state index contributed by atoms with van der Waals surface area (Å²) in [6, 6.07) is 9.41. The number of carbonyl (C=O) groups is 1. The van der Waals surface area contributed by atoms with Gasteiger partial charge in [0.25, 0.3) is 5.56 Å². The van der Waals surface area contributed by atoms with Crippen molar-refractivity contribution in [3.63, 3.8) is 0 Å². The predicted octanol–water partition coefficient (Wildman–Crippen LogP) is 1.57. The molecule has 0 aliphatic carbocycles. The minimum Gasteiger partial charge on any atom is -0.350 e. The van der Waals surface area contributed by atoms with Crippen LogP contribution in [0.1, 0.15) is 17.7 Å². The summed E-state index contributed by atoms with van der Waals surface area (Å²) in [5.74, 6) is -0.122. The molecule has 0 spiro atoms. The number of fused-ring (bicyclic) bond motifs is 1. The Morgan fingerprint density at radius 2 is 2.09 bits per heavy atom. The van der Waals surface area contributed by atoms with Crippen molar-refractivity contribution in [3.05, 3.63) is 70.5 Å². The molecule has 1 amide bonds. The Kier molecular flexibility index (Phi) is 4.42. The third-order valence-corrected chi connectivity index (χ3v) is 3.54. The lowest BCUT2D eigenvalue weighted by atomic mass is 10.1. The molecule has 6 heteroatoms. The summed E-state index contributed by atoms with van der Waals surface area (Å²) >= 11 is 0. The Balaban J connectivity index is 1.60. The standard InChI is InChI=1S/C17H16N4O2/c22-16(20-11-14-10-18-7-8-19-14)6-5-13-9-12-3-1-2-4-15(12)21-17(13)23/h1-4,7-10H,5-6,11H2,(H,20,22)(H,21,23). The third-order valence-electron chi connectivity index (χ3n) is 3.54. The van der Waals surface area contributed by atoms with Crippen molar-refractivity contribution < 1.29 is 4.79 Å². The molecule has 2 heterocycles. The number of nitrogens with one attached hydrogen (secondary N) is 2. The first-order chi connectivity index (χ1) is 11.2. The van der Waals surface area contributed by atoms with E-state index in [4.69, 9.17) is 0 Å². The van der Waals surface area contributed by atoms with Crippen LogP contribution in [0.2, 0.25) is 0 Å². The van der Waals surface area contributed by atoms with Crippen LogP contribution in [0.3, 0.4) is 0 Å². The van der Waals surface area contributed by atoms with E-state index in [-0.39, 0.29) is 17.9 Å². The van der Waals surface area contributed by atoms with Gasteiger partial charge in [-0.3, -0.25) is 19.6 Å². The number of hydrogen-bond donors (Lipinski definition) is 2. The summed E-state index contributed by atoms with van der Waals surface area (Å²) in [5, 5.41) is 3.73. The van der Waals surface area contributed by atoms with Crippen LogP contribution in [0, 0.1) is 0 Å². The Labute approximate surface area is 132 Å². The van der Waals surface area contributed by atoms with Crippen molar-refractivity contribution in [2.24, 2.45) is 0 Å². The highest BCUT2D eigenvalue weighted by Gasteiger charge is 2.07. The minimum absolute atomic E-state index is 0.122. The van der Waals surface area contributed by atoms with E-state index in [1.54, 1.807) is 18.6 Å². The lowest BCUT2D eigenvalue weighted by molar-refractivity contribution is -0.121. The number of hydrogen-bond acceptors (Lipinski definition) is 4. The van der Waals surface area contributed by atoms with Gasteiger partial charge in [-0.25, -0.2) is 0 Å². The van der Waals surface area contributed by atoms with Crippen molar-refractivity contribution in [1.82, 2.24) is 20.3 Å². The molecule has 0 radical (unpaired) electrons. The van der Waals surface area contributed by atoms with Gasteiger partial charge in [-0.05, 0) is 23.9 Å². The van der Waals surface area contributed by atoms with E-state index in [1.807, 2.05) is 30.3 Å². The smallest absolute Gasteiger partial charge is 0.251 e. The molecule has 6 nitrogen and oxygen atoms in total. The molecule has 0 aliphatic heterocycles. The average Bonchev–Trinajstić information content (AvgIpc) is 2.59. The van der Waals surface area contributed by atoms with Crippen LogP contribution in [-0.2, 0) is 17.8 Å². The lowest BCUT2D eigenvalue weighted by Gasteiger charge is -2.05. The van der Waals surface area contributed by atoms with E-state index in [0.717, 1.165) is 10.9 Å². The summed E-state index contributed by atoms with van der Waals surface area (Å²) in [6.45, 7) is 0.334. The van der Waals surface area contributed by atoms with E-state index < -0.39 is 0 Å². The highest BCUT2D eigenvalue weighted by molar-refractivity contribution is 5.79. The van der Waals surface area contributed by atoms with Gasteiger partial charge in [0, 0.05) is 29.9 Å². The van der Waals surface area contributed by atoms with Crippen molar-refractivity contribution in [2.75, 3.05) is 0 Å². The third kappa shape index (κ3) is 3.79. The maximum atomic E-state index is 12.0. The zero-order valence-corrected chi connectivity index (χ0v) is 12.5. The molecule has 2 aromatic heterocycles. The van der Waals surface area contributed by atoms with Gasteiger partial charge in [0.05, 0.1) is 18.4 Å². The number of aromatic amines is 1. The molecule has 1 aromatic carbocycles. The van der Waals surface area contributed by atoms with Gasteiger partial charge in [0.1, 0.15) is 0 Å². The predicted molar refractivity (Wildman–Crippen MR) is 86.8 cm³/mol. The largest absolute Gasteiger partial charge is 0.350 e. The molecule has 116 valence electrons. The first kappa shape index (κ1) is 14.9. The second-order valence-electron chi connectivity index (χ2n) is 5.18. The molecule has 0 unspecified atom stereocenters. The number of benzene rings is 1. The average molecular weight is 308 g/mol. The summed E-state index contributed by atoms with van der Waals surface area (Å²) in [7, 11) is 0. The Morgan fingerprint density at radius 1 is 1.22 bits per heavy atom. The fourth-order valence-electron chi connectivity index (χ4n) is 2.33. The molecule has 0 saturated heterocycles. The number of para-hydroxylation sites is 1. The number of H-pyrrole nitrogens is 1. The van der Waals surface area contributed by atoms with Crippen LogP contribution in [0.4, 0.5) is 0 Å². The molecule has 0 atom stereocenters.